The summed E-state index contributed by atoms with van der Waals surface area (Å²) in [6.07, 6.45) is 0.516. The van der Waals surface area contributed by atoms with E-state index in [1.54, 1.807) is 37.4 Å². The van der Waals surface area contributed by atoms with Gasteiger partial charge in [0.05, 0.1) is 18.9 Å². The first-order chi connectivity index (χ1) is 13.7. The predicted molar refractivity (Wildman–Crippen MR) is 108 cm³/mol. The Balaban J connectivity index is 1.74. The van der Waals surface area contributed by atoms with Gasteiger partial charge in [-0.05, 0) is 29.8 Å². The number of phenolic OH excluding ortho intramolecular Hbond substituents is 1. The second-order valence-corrected chi connectivity index (χ2v) is 6.58. The lowest BCUT2D eigenvalue weighted by Gasteiger charge is -2.22. The molecule has 0 spiro atoms. The lowest BCUT2D eigenvalue weighted by molar-refractivity contribution is 0.0711. The number of methoxy groups -OCH3 is 1. The third-order valence-electron chi connectivity index (χ3n) is 4.84. The van der Waals surface area contributed by atoms with Crippen LogP contribution in [0.2, 0.25) is 0 Å². The Morgan fingerprint density at radius 2 is 1.71 bits per heavy atom. The number of rotatable bonds is 4. The number of aromatic hydroxyl groups is 1. The summed E-state index contributed by atoms with van der Waals surface area (Å²) in [4.78, 5) is 13.1. The molecule has 1 N–H and O–H groups in total. The summed E-state index contributed by atoms with van der Waals surface area (Å²) in [5.74, 6) is 0.480. The van der Waals surface area contributed by atoms with Crippen molar-refractivity contribution in [2.75, 3.05) is 7.11 Å². The lowest BCUT2D eigenvalue weighted by Crippen LogP contribution is -2.27. The monoisotopic (exact) mass is 372 g/mol. The first kappa shape index (κ1) is 17.8. The minimum absolute atomic E-state index is 0.0823. The molecule has 1 atom stereocenters. The number of carbonyl (C=O) groups excluding carboxylic acids is 1. The third-order valence-corrected chi connectivity index (χ3v) is 4.84. The number of hydrazone groups is 1. The van der Waals surface area contributed by atoms with Gasteiger partial charge in [0.2, 0.25) is 0 Å². The maximum atomic E-state index is 13.1. The molecule has 3 aromatic carbocycles. The van der Waals surface area contributed by atoms with Gasteiger partial charge in [-0.1, -0.05) is 48.5 Å². The highest BCUT2D eigenvalue weighted by Crippen LogP contribution is 2.36. The smallest absolute Gasteiger partial charge is 0.274 e. The summed E-state index contributed by atoms with van der Waals surface area (Å²) < 4.78 is 5.16. The van der Waals surface area contributed by atoms with Crippen molar-refractivity contribution in [2.24, 2.45) is 5.10 Å². The number of benzene rings is 3. The van der Waals surface area contributed by atoms with Gasteiger partial charge in [-0.25, -0.2) is 5.01 Å². The molecule has 0 aliphatic carbocycles. The van der Waals surface area contributed by atoms with Gasteiger partial charge in [-0.2, -0.15) is 5.10 Å². The van der Waals surface area contributed by atoms with E-state index in [2.05, 4.69) is 5.10 Å². The van der Waals surface area contributed by atoms with Crippen LogP contribution in [0.5, 0.6) is 11.5 Å². The molecule has 1 aliphatic heterocycles. The summed E-state index contributed by atoms with van der Waals surface area (Å²) in [7, 11) is 1.55. The van der Waals surface area contributed by atoms with E-state index in [4.69, 9.17) is 4.74 Å². The summed E-state index contributed by atoms with van der Waals surface area (Å²) in [6, 6.07) is 23.8. The zero-order valence-corrected chi connectivity index (χ0v) is 15.4. The maximum absolute atomic E-state index is 13.1. The highest BCUT2D eigenvalue weighted by Gasteiger charge is 2.34. The van der Waals surface area contributed by atoms with Gasteiger partial charge in [0.15, 0.2) is 0 Å². The Hall–Kier alpha value is -3.60. The average Bonchev–Trinajstić information content (AvgIpc) is 3.19. The van der Waals surface area contributed by atoms with Crippen LogP contribution in [0.3, 0.4) is 0 Å². The van der Waals surface area contributed by atoms with Crippen molar-refractivity contribution in [1.82, 2.24) is 5.01 Å². The van der Waals surface area contributed by atoms with Gasteiger partial charge in [0, 0.05) is 23.6 Å². The number of hydrogen-bond donors (Lipinski definition) is 1. The summed E-state index contributed by atoms with van der Waals surface area (Å²) >= 11 is 0. The zero-order chi connectivity index (χ0) is 19.5. The maximum Gasteiger partial charge on any atom is 0.274 e. The van der Waals surface area contributed by atoms with Crippen LogP contribution in [0.25, 0.3) is 0 Å². The van der Waals surface area contributed by atoms with Crippen LogP contribution in [0.4, 0.5) is 0 Å². The first-order valence-corrected chi connectivity index (χ1v) is 9.06. The Labute approximate surface area is 163 Å². The van der Waals surface area contributed by atoms with Crippen molar-refractivity contribution < 1.29 is 14.6 Å². The molecule has 0 aromatic heterocycles. The molecule has 3 aromatic rings. The minimum atomic E-state index is -0.231. The van der Waals surface area contributed by atoms with Crippen LogP contribution in [0.15, 0.2) is 84.0 Å². The van der Waals surface area contributed by atoms with E-state index in [-0.39, 0.29) is 17.7 Å². The van der Waals surface area contributed by atoms with Crippen molar-refractivity contribution >= 4 is 11.6 Å². The van der Waals surface area contributed by atoms with Crippen LogP contribution in [0.1, 0.15) is 33.9 Å². The topological polar surface area (TPSA) is 62.1 Å². The lowest BCUT2D eigenvalue weighted by atomic mass is 9.97. The van der Waals surface area contributed by atoms with E-state index in [0.717, 1.165) is 5.56 Å². The number of ether oxygens (including phenoxy) is 1. The number of phenols is 1. The average molecular weight is 372 g/mol. The number of nitrogens with zero attached hydrogens (tertiary/aromatic N) is 2. The van der Waals surface area contributed by atoms with Gasteiger partial charge < -0.3 is 9.84 Å². The number of hydrogen-bond acceptors (Lipinski definition) is 4. The SMILES string of the molecule is COc1ccc(C2=NN(C(=O)c3ccccc3)C(c3ccccc3)C2)c(O)c1. The summed E-state index contributed by atoms with van der Waals surface area (Å²) in [5.41, 5.74) is 2.84. The third kappa shape index (κ3) is 3.34. The van der Waals surface area contributed by atoms with Crippen LogP contribution in [-0.4, -0.2) is 28.8 Å². The van der Waals surface area contributed by atoms with E-state index in [9.17, 15) is 9.90 Å². The highest BCUT2D eigenvalue weighted by molar-refractivity contribution is 6.06. The molecular weight excluding hydrogens is 352 g/mol. The Morgan fingerprint density at radius 1 is 1.04 bits per heavy atom. The molecule has 28 heavy (non-hydrogen) atoms. The van der Waals surface area contributed by atoms with E-state index < -0.39 is 0 Å². The van der Waals surface area contributed by atoms with Crippen molar-refractivity contribution in [3.05, 3.63) is 95.6 Å². The van der Waals surface area contributed by atoms with Crippen LogP contribution < -0.4 is 4.74 Å². The normalized spacial score (nSPS) is 16.0. The molecular formula is C23H20N2O3. The molecule has 0 fully saturated rings. The fourth-order valence-corrected chi connectivity index (χ4v) is 3.39. The molecule has 0 saturated heterocycles. The molecule has 0 saturated carbocycles. The van der Waals surface area contributed by atoms with Gasteiger partial charge >= 0.3 is 0 Å². The van der Waals surface area contributed by atoms with Gasteiger partial charge in [0.25, 0.3) is 5.91 Å². The second kappa shape index (κ2) is 7.56. The van der Waals surface area contributed by atoms with Crippen LogP contribution >= 0.6 is 0 Å². The first-order valence-electron chi connectivity index (χ1n) is 9.06. The number of carbonyl (C=O) groups is 1. The van der Waals surface area contributed by atoms with Crippen molar-refractivity contribution in [3.8, 4) is 11.5 Å². The van der Waals surface area contributed by atoms with E-state index in [0.29, 0.717) is 29.0 Å². The summed E-state index contributed by atoms with van der Waals surface area (Å²) in [6.45, 7) is 0. The molecule has 1 heterocycles. The highest BCUT2D eigenvalue weighted by atomic mass is 16.5. The standard InChI is InChI=1S/C23H20N2O3/c1-28-18-12-13-19(22(26)14-18)20-15-21(16-8-4-2-5-9-16)25(24-20)23(27)17-10-6-3-7-11-17/h2-14,21,26H,15H2,1H3. The van der Waals surface area contributed by atoms with Gasteiger partial charge in [-0.3, -0.25) is 4.79 Å². The molecule has 1 unspecified atom stereocenters. The molecule has 140 valence electrons. The Kier molecular flexibility index (Phi) is 4.81. The van der Waals surface area contributed by atoms with E-state index >= 15 is 0 Å². The van der Waals surface area contributed by atoms with Crippen LogP contribution in [0, 0.1) is 0 Å². The van der Waals surface area contributed by atoms with E-state index in [1.165, 1.54) is 5.01 Å². The molecule has 1 aliphatic rings. The molecule has 1 amide bonds. The fraction of sp³-hybridized carbons (Fsp3) is 0.130. The molecule has 5 nitrogen and oxygen atoms in total. The van der Waals surface area contributed by atoms with Crippen molar-refractivity contribution in [1.29, 1.82) is 0 Å². The summed E-state index contributed by atoms with van der Waals surface area (Å²) in [5, 5.41) is 16.5. The Morgan fingerprint density at radius 3 is 2.36 bits per heavy atom. The largest absolute Gasteiger partial charge is 0.507 e. The fourth-order valence-electron chi connectivity index (χ4n) is 3.39. The second-order valence-electron chi connectivity index (χ2n) is 6.58. The molecule has 0 bridgehead atoms. The predicted octanol–water partition coefficient (Wildman–Crippen LogP) is 4.39. The minimum Gasteiger partial charge on any atom is -0.507 e. The van der Waals surface area contributed by atoms with E-state index in [1.807, 2.05) is 48.5 Å². The molecule has 4 rings (SSSR count). The van der Waals surface area contributed by atoms with Gasteiger partial charge in [0.1, 0.15) is 11.5 Å². The molecule has 5 heteroatoms. The number of amides is 1. The van der Waals surface area contributed by atoms with Crippen molar-refractivity contribution in [2.45, 2.75) is 12.5 Å². The van der Waals surface area contributed by atoms with Crippen molar-refractivity contribution in [3.63, 3.8) is 0 Å². The zero-order valence-electron chi connectivity index (χ0n) is 15.4. The Bertz CT molecular complexity index is 1020. The quantitative estimate of drug-likeness (QED) is 0.739. The molecule has 0 radical (unpaired) electrons. The van der Waals surface area contributed by atoms with Gasteiger partial charge in [-0.15, -0.1) is 0 Å². The van der Waals surface area contributed by atoms with Crippen LogP contribution in [-0.2, 0) is 0 Å².